The molecule has 1 N–H and O–H groups in total. The minimum absolute atomic E-state index is 0.367. The quantitative estimate of drug-likeness (QED) is 0.882. The third-order valence-corrected chi connectivity index (χ3v) is 3.29. The molecule has 0 bridgehead atoms. The van der Waals surface area contributed by atoms with Crippen molar-refractivity contribution >= 4 is 0 Å². The Morgan fingerprint density at radius 2 is 1.68 bits per heavy atom. The van der Waals surface area contributed by atoms with Crippen molar-refractivity contribution in [3.8, 4) is 0 Å². The Kier molecular flexibility index (Phi) is 4.69. The van der Waals surface area contributed by atoms with Crippen LogP contribution in [0.15, 0.2) is 42.7 Å². The Labute approximate surface area is 115 Å². The Morgan fingerprint density at radius 1 is 1.05 bits per heavy atom. The first-order valence-electron chi connectivity index (χ1n) is 6.89. The highest BCUT2D eigenvalue weighted by atomic mass is 14.9. The summed E-state index contributed by atoms with van der Waals surface area (Å²) in [5, 5.41) is 3.58. The van der Waals surface area contributed by atoms with Crippen LogP contribution in [-0.2, 0) is 6.42 Å². The summed E-state index contributed by atoms with van der Waals surface area (Å²) in [7, 11) is 0. The number of hydrogen-bond acceptors (Lipinski definition) is 2. The van der Waals surface area contributed by atoms with E-state index < -0.39 is 0 Å². The summed E-state index contributed by atoms with van der Waals surface area (Å²) in [4.78, 5) is 4.08. The topological polar surface area (TPSA) is 24.9 Å². The number of nitrogens with one attached hydrogen (secondary N) is 1. The summed E-state index contributed by atoms with van der Waals surface area (Å²) in [6.45, 7) is 7.45. The fraction of sp³-hybridized carbons (Fsp3) is 0.353. The van der Waals surface area contributed by atoms with E-state index in [0.29, 0.717) is 6.04 Å². The van der Waals surface area contributed by atoms with Gasteiger partial charge in [0.25, 0.3) is 0 Å². The largest absolute Gasteiger partial charge is 0.310 e. The molecule has 100 valence electrons. The molecule has 0 radical (unpaired) electrons. The molecule has 0 saturated heterocycles. The van der Waals surface area contributed by atoms with Crippen molar-refractivity contribution in [3.05, 3.63) is 65.0 Å². The van der Waals surface area contributed by atoms with Gasteiger partial charge in [-0.2, -0.15) is 0 Å². The first-order chi connectivity index (χ1) is 9.19. The Balaban J connectivity index is 2.24. The van der Waals surface area contributed by atoms with Gasteiger partial charge >= 0.3 is 0 Å². The SMILES string of the molecule is CCNC(Cc1ccncc1)c1cc(C)cc(C)c1. The molecule has 0 aliphatic rings. The van der Waals surface area contributed by atoms with Gasteiger partial charge in [0, 0.05) is 18.4 Å². The lowest BCUT2D eigenvalue weighted by atomic mass is 9.96. The van der Waals surface area contributed by atoms with Gasteiger partial charge in [-0.3, -0.25) is 4.98 Å². The van der Waals surface area contributed by atoms with Crippen LogP contribution in [0.5, 0.6) is 0 Å². The van der Waals surface area contributed by atoms with Crippen LogP contribution in [0.4, 0.5) is 0 Å². The zero-order valence-electron chi connectivity index (χ0n) is 12.0. The van der Waals surface area contributed by atoms with Crippen molar-refractivity contribution in [2.24, 2.45) is 0 Å². The summed E-state index contributed by atoms with van der Waals surface area (Å²) >= 11 is 0. The number of rotatable bonds is 5. The van der Waals surface area contributed by atoms with Crippen molar-refractivity contribution in [1.82, 2.24) is 10.3 Å². The molecule has 2 nitrogen and oxygen atoms in total. The van der Waals surface area contributed by atoms with Crippen LogP contribution in [0, 0.1) is 13.8 Å². The lowest BCUT2D eigenvalue weighted by Crippen LogP contribution is -2.23. The lowest BCUT2D eigenvalue weighted by molar-refractivity contribution is 0.549. The van der Waals surface area contributed by atoms with E-state index in [0.717, 1.165) is 13.0 Å². The monoisotopic (exact) mass is 254 g/mol. The fourth-order valence-electron chi connectivity index (χ4n) is 2.52. The van der Waals surface area contributed by atoms with E-state index in [1.807, 2.05) is 12.4 Å². The molecule has 19 heavy (non-hydrogen) atoms. The Bertz CT molecular complexity index is 500. The minimum Gasteiger partial charge on any atom is -0.310 e. The van der Waals surface area contributed by atoms with E-state index in [-0.39, 0.29) is 0 Å². The lowest BCUT2D eigenvalue weighted by Gasteiger charge is -2.19. The third kappa shape index (κ3) is 3.90. The van der Waals surface area contributed by atoms with Crippen LogP contribution in [0.2, 0.25) is 0 Å². The Morgan fingerprint density at radius 3 is 2.26 bits per heavy atom. The summed E-state index contributed by atoms with van der Waals surface area (Å²) in [6, 6.07) is 11.3. The van der Waals surface area contributed by atoms with Gasteiger partial charge in [0.2, 0.25) is 0 Å². The van der Waals surface area contributed by atoms with Crippen LogP contribution in [0.3, 0.4) is 0 Å². The molecule has 0 spiro atoms. The minimum atomic E-state index is 0.367. The molecule has 1 heterocycles. The molecule has 0 fully saturated rings. The van der Waals surface area contributed by atoms with Crippen LogP contribution >= 0.6 is 0 Å². The number of nitrogens with zero attached hydrogens (tertiary/aromatic N) is 1. The van der Waals surface area contributed by atoms with Gasteiger partial charge in [0.15, 0.2) is 0 Å². The highest BCUT2D eigenvalue weighted by molar-refractivity contribution is 5.31. The zero-order chi connectivity index (χ0) is 13.7. The summed E-state index contributed by atoms with van der Waals surface area (Å²) in [5.41, 5.74) is 5.34. The number of benzene rings is 1. The maximum absolute atomic E-state index is 4.08. The predicted molar refractivity (Wildman–Crippen MR) is 80.3 cm³/mol. The molecule has 2 rings (SSSR count). The van der Waals surface area contributed by atoms with Crippen LogP contribution in [0.25, 0.3) is 0 Å². The summed E-state index contributed by atoms with van der Waals surface area (Å²) in [6.07, 6.45) is 4.72. The molecule has 1 aromatic carbocycles. The molecule has 1 unspecified atom stereocenters. The first kappa shape index (κ1) is 13.8. The molecule has 2 heteroatoms. The summed E-state index contributed by atoms with van der Waals surface area (Å²) in [5.74, 6) is 0. The molecule has 0 amide bonds. The number of hydrogen-bond donors (Lipinski definition) is 1. The molecular weight excluding hydrogens is 232 g/mol. The highest BCUT2D eigenvalue weighted by Gasteiger charge is 2.11. The van der Waals surface area contributed by atoms with Crippen LogP contribution in [-0.4, -0.2) is 11.5 Å². The number of likely N-dealkylation sites (N-methyl/N-ethyl adjacent to an activating group) is 1. The maximum atomic E-state index is 4.08. The molecule has 0 aliphatic heterocycles. The molecule has 1 aromatic heterocycles. The first-order valence-corrected chi connectivity index (χ1v) is 6.89. The van der Waals surface area contributed by atoms with Gasteiger partial charge < -0.3 is 5.32 Å². The molecule has 1 atom stereocenters. The van der Waals surface area contributed by atoms with Gasteiger partial charge in [0.05, 0.1) is 0 Å². The molecular formula is C17H22N2. The van der Waals surface area contributed by atoms with E-state index in [2.05, 4.69) is 61.4 Å². The third-order valence-electron chi connectivity index (χ3n) is 3.29. The second-order valence-corrected chi connectivity index (χ2v) is 5.09. The average molecular weight is 254 g/mol. The van der Waals surface area contributed by atoms with E-state index in [4.69, 9.17) is 0 Å². The van der Waals surface area contributed by atoms with Crippen LogP contribution < -0.4 is 5.32 Å². The van der Waals surface area contributed by atoms with E-state index in [1.54, 1.807) is 0 Å². The number of aromatic nitrogens is 1. The van der Waals surface area contributed by atoms with Gasteiger partial charge in [-0.15, -0.1) is 0 Å². The molecule has 0 aliphatic carbocycles. The van der Waals surface area contributed by atoms with Gasteiger partial charge in [0.1, 0.15) is 0 Å². The van der Waals surface area contributed by atoms with Gasteiger partial charge in [-0.1, -0.05) is 36.2 Å². The zero-order valence-corrected chi connectivity index (χ0v) is 12.0. The molecule has 0 saturated carbocycles. The smallest absolute Gasteiger partial charge is 0.0360 e. The van der Waals surface area contributed by atoms with Gasteiger partial charge in [-0.25, -0.2) is 0 Å². The van der Waals surface area contributed by atoms with Crippen molar-refractivity contribution in [3.63, 3.8) is 0 Å². The van der Waals surface area contributed by atoms with Crippen molar-refractivity contribution in [2.75, 3.05) is 6.54 Å². The normalized spacial score (nSPS) is 12.4. The van der Waals surface area contributed by atoms with Crippen molar-refractivity contribution in [2.45, 2.75) is 33.2 Å². The highest BCUT2D eigenvalue weighted by Crippen LogP contribution is 2.21. The van der Waals surface area contributed by atoms with Crippen LogP contribution in [0.1, 0.15) is 35.2 Å². The van der Waals surface area contributed by atoms with E-state index in [9.17, 15) is 0 Å². The molecule has 2 aromatic rings. The second kappa shape index (κ2) is 6.48. The van der Waals surface area contributed by atoms with Crippen molar-refractivity contribution < 1.29 is 0 Å². The number of aryl methyl sites for hydroxylation is 2. The van der Waals surface area contributed by atoms with E-state index in [1.165, 1.54) is 22.3 Å². The summed E-state index contributed by atoms with van der Waals surface area (Å²) < 4.78 is 0. The second-order valence-electron chi connectivity index (χ2n) is 5.09. The van der Waals surface area contributed by atoms with E-state index >= 15 is 0 Å². The van der Waals surface area contributed by atoms with Crippen molar-refractivity contribution in [1.29, 1.82) is 0 Å². The fourth-order valence-corrected chi connectivity index (χ4v) is 2.52. The average Bonchev–Trinajstić information content (AvgIpc) is 2.38. The maximum Gasteiger partial charge on any atom is 0.0360 e. The number of pyridine rings is 1. The standard InChI is InChI=1S/C17H22N2/c1-4-19-17(12-15-5-7-18-8-6-15)16-10-13(2)9-14(3)11-16/h5-11,17,19H,4,12H2,1-3H3. The Hall–Kier alpha value is -1.67. The predicted octanol–water partition coefficient (Wildman–Crippen LogP) is 3.59. The van der Waals surface area contributed by atoms with Gasteiger partial charge in [-0.05, 0) is 50.1 Å².